The average Bonchev–Trinajstić information content (AvgIpc) is 4.27. The molecule has 1 aliphatic rings. The Morgan fingerprint density at radius 2 is 1.11 bits per heavy atom. The fourth-order valence-electron chi connectivity index (χ4n) is 9.05. The van der Waals surface area contributed by atoms with Gasteiger partial charge in [0.05, 0.1) is 10.0 Å². The molecule has 2 aromatic heterocycles. The Balaban J connectivity index is 1.11. The molecule has 0 saturated heterocycles. The number of hydrogen-bond donors (Lipinski definition) is 4. The van der Waals surface area contributed by atoms with E-state index in [-0.39, 0.29) is 71.6 Å². The molecule has 0 amide bonds. The van der Waals surface area contributed by atoms with Crippen LogP contribution in [0.25, 0.3) is 11.1 Å². The largest absolute Gasteiger partial charge is 0.488 e. The summed E-state index contributed by atoms with van der Waals surface area (Å²) in [5.41, 5.74) is 10.5. The number of carboxylic acids is 2. The number of likely N-dealkylation sites (N-methyl/N-ethyl adjacent to an activating group) is 2. The van der Waals surface area contributed by atoms with Crippen molar-refractivity contribution in [1.82, 2.24) is 19.8 Å². The molecule has 6 aromatic rings. The highest BCUT2D eigenvalue weighted by molar-refractivity contribution is 6.32. The lowest BCUT2D eigenvalue weighted by molar-refractivity contribution is -0.145. The summed E-state index contributed by atoms with van der Waals surface area (Å²) in [7, 11) is 1.69. The van der Waals surface area contributed by atoms with Gasteiger partial charge in [-0.05, 0) is 97.4 Å². The quantitative estimate of drug-likeness (QED) is 0.0323. The van der Waals surface area contributed by atoms with E-state index in [1.807, 2.05) is 70.3 Å². The Hall–Kier alpha value is -6.92. The number of aliphatic hydroxyl groups excluding tert-OH is 2. The van der Waals surface area contributed by atoms with E-state index in [0.29, 0.717) is 57.3 Å². The highest BCUT2D eigenvalue weighted by atomic mass is 35.5. The average molecular weight is 1080 g/mol. The molecule has 16 nitrogen and oxygen atoms in total. The third-order valence-corrected chi connectivity index (χ3v) is 13.9. The number of pyridine rings is 2. The van der Waals surface area contributed by atoms with Crippen molar-refractivity contribution in [2.45, 2.75) is 98.2 Å². The molecule has 3 heterocycles. The molecule has 3 unspecified atom stereocenters. The van der Waals surface area contributed by atoms with Crippen LogP contribution in [-0.4, -0.2) is 110 Å². The van der Waals surface area contributed by atoms with Crippen molar-refractivity contribution in [1.29, 1.82) is 0 Å². The SMILES string of the molecule is CCN(Cc1cc(Cl)c(OCc2cccc(-c3cccc(COc4cc(OCc5cncc(C6C=N6)c5)c(CN(CC)C(CCO)C(=O)O)cc4Cl)c3C)c2C)cc1OCc1cncc(C=NC)c1)C(CCO)C(=O)O. The molecule has 0 saturated carbocycles. The normalized spacial score (nSPS) is 13.8. The number of rotatable bonds is 29. The summed E-state index contributed by atoms with van der Waals surface area (Å²) in [4.78, 5) is 45.1. The maximum absolute atomic E-state index is 12.3. The monoisotopic (exact) mass is 1070 g/mol. The summed E-state index contributed by atoms with van der Waals surface area (Å²) in [6.07, 6.45) is 10.6. The Kier molecular flexibility index (Phi) is 20.3. The lowest BCUT2D eigenvalue weighted by atomic mass is 9.92. The summed E-state index contributed by atoms with van der Waals surface area (Å²) in [6, 6.07) is 21.1. The molecule has 18 heteroatoms. The van der Waals surface area contributed by atoms with Crippen LogP contribution in [0.15, 0.2) is 108 Å². The van der Waals surface area contributed by atoms with E-state index in [2.05, 4.69) is 32.1 Å². The van der Waals surface area contributed by atoms with Gasteiger partial charge in [-0.15, -0.1) is 0 Å². The van der Waals surface area contributed by atoms with Crippen molar-refractivity contribution < 1.29 is 49.0 Å². The van der Waals surface area contributed by atoms with Gasteiger partial charge in [0.15, 0.2) is 0 Å². The van der Waals surface area contributed by atoms with E-state index >= 15 is 0 Å². The minimum Gasteiger partial charge on any atom is -0.488 e. The zero-order valence-corrected chi connectivity index (χ0v) is 44.8. The fraction of sp³-hybridized carbons (Fsp3) is 0.345. The van der Waals surface area contributed by atoms with Gasteiger partial charge in [-0.2, -0.15) is 0 Å². The molecular formula is C58H64Cl2N6O10. The predicted molar refractivity (Wildman–Crippen MR) is 293 cm³/mol. The summed E-state index contributed by atoms with van der Waals surface area (Å²) >= 11 is 13.9. The van der Waals surface area contributed by atoms with Crippen molar-refractivity contribution in [2.24, 2.45) is 9.98 Å². The number of nitrogens with zero attached hydrogens (tertiary/aromatic N) is 6. The van der Waals surface area contributed by atoms with Crippen molar-refractivity contribution in [3.63, 3.8) is 0 Å². The zero-order chi connectivity index (χ0) is 54.3. The van der Waals surface area contributed by atoms with E-state index in [4.69, 9.17) is 42.1 Å². The summed E-state index contributed by atoms with van der Waals surface area (Å²) in [5.74, 6) is -0.385. The van der Waals surface area contributed by atoms with Crippen molar-refractivity contribution in [3.05, 3.63) is 163 Å². The van der Waals surface area contributed by atoms with Crippen LogP contribution < -0.4 is 18.9 Å². The van der Waals surface area contributed by atoms with Crippen LogP contribution in [0.1, 0.15) is 88.4 Å². The summed E-state index contributed by atoms with van der Waals surface area (Å²) in [5, 5.41) is 40.1. The second-order valence-electron chi connectivity index (χ2n) is 18.4. The van der Waals surface area contributed by atoms with Gasteiger partial charge in [0, 0.05) is 116 Å². The van der Waals surface area contributed by atoms with Crippen LogP contribution in [0.4, 0.5) is 0 Å². The number of aliphatic hydroxyl groups is 2. The minimum absolute atomic E-state index is 0.0246. The van der Waals surface area contributed by atoms with Gasteiger partial charge in [-0.3, -0.25) is 39.3 Å². The second-order valence-corrected chi connectivity index (χ2v) is 19.2. The molecule has 0 aliphatic carbocycles. The minimum atomic E-state index is -1.03. The molecule has 0 radical (unpaired) electrons. The first-order valence-corrected chi connectivity index (χ1v) is 25.8. The Morgan fingerprint density at radius 3 is 1.54 bits per heavy atom. The molecular weight excluding hydrogens is 1010 g/mol. The number of carboxylic acid groups (broad SMARTS) is 2. The number of aromatic nitrogens is 2. The molecule has 0 spiro atoms. The van der Waals surface area contributed by atoms with Gasteiger partial charge in [0.2, 0.25) is 0 Å². The second kappa shape index (κ2) is 27.2. The lowest BCUT2D eigenvalue weighted by Crippen LogP contribution is -2.41. The Labute approximate surface area is 453 Å². The van der Waals surface area contributed by atoms with E-state index in [9.17, 15) is 30.0 Å². The first-order valence-electron chi connectivity index (χ1n) is 25.1. The van der Waals surface area contributed by atoms with Gasteiger partial charge in [0.25, 0.3) is 0 Å². The van der Waals surface area contributed by atoms with E-state index in [1.54, 1.807) is 72.1 Å². The summed E-state index contributed by atoms with van der Waals surface area (Å²) < 4.78 is 25.8. The van der Waals surface area contributed by atoms with Crippen molar-refractivity contribution >= 4 is 47.6 Å². The smallest absolute Gasteiger partial charge is 0.321 e. The van der Waals surface area contributed by atoms with Crippen LogP contribution in [0.5, 0.6) is 23.0 Å². The molecule has 0 fully saturated rings. The Bertz CT molecular complexity index is 3040. The van der Waals surface area contributed by atoms with Crippen molar-refractivity contribution in [3.8, 4) is 34.1 Å². The third kappa shape index (κ3) is 14.7. The highest BCUT2D eigenvalue weighted by Crippen LogP contribution is 2.39. The Morgan fingerprint density at radius 1 is 0.645 bits per heavy atom. The van der Waals surface area contributed by atoms with Gasteiger partial charge >= 0.3 is 11.9 Å². The number of carbonyl (C=O) groups is 2. The first-order chi connectivity index (χ1) is 36.7. The maximum atomic E-state index is 12.3. The van der Waals surface area contributed by atoms with Crippen LogP contribution in [-0.2, 0) is 49.1 Å². The van der Waals surface area contributed by atoms with E-state index < -0.39 is 24.0 Å². The van der Waals surface area contributed by atoms with Crippen LogP contribution in [0, 0.1) is 13.8 Å². The maximum Gasteiger partial charge on any atom is 0.321 e. The molecule has 400 valence electrons. The molecule has 7 rings (SSSR count). The van der Waals surface area contributed by atoms with E-state index in [1.165, 1.54) is 0 Å². The highest BCUT2D eigenvalue weighted by Gasteiger charge is 2.28. The standard InChI is InChI=1S/C58H64Cl2N6O10/c1-6-65(51(14-16-67)57(69)70)30-44-20-48(59)55(22-53(44)73-32-39-18-38(24-61-5)25-62-26-39)75-34-41-10-8-12-46(36(41)3)47-13-9-11-42(37(47)4)35-76-56-23-54(74-33-40-19-43(28-63-27-40)50-29-64-50)45(21-49(56)60)31-66(7-2)52(15-17-68)58(71)72/h8-13,18-29,50-52,67-68H,6-7,14-17,30-35H2,1-5H3,(H,69,70)(H,71,72). The van der Waals surface area contributed by atoms with Gasteiger partial charge < -0.3 is 39.4 Å². The molecule has 4 aromatic carbocycles. The van der Waals surface area contributed by atoms with Gasteiger partial charge in [0.1, 0.15) is 67.6 Å². The molecule has 76 heavy (non-hydrogen) atoms. The first kappa shape index (κ1) is 56.8. The van der Waals surface area contributed by atoms with Crippen LogP contribution in [0.2, 0.25) is 10.0 Å². The van der Waals surface area contributed by atoms with Crippen molar-refractivity contribution in [2.75, 3.05) is 33.4 Å². The molecule has 1 aliphatic heterocycles. The fourth-order valence-corrected chi connectivity index (χ4v) is 9.53. The van der Waals surface area contributed by atoms with Gasteiger partial charge in [-0.25, -0.2) is 0 Å². The van der Waals surface area contributed by atoms with Crippen LogP contribution in [0.3, 0.4) is 0 Å². The number of halogens is 2. The number of ether oxygens (including phenoxy) is 4. The summed E-state index contributed by atoms with van der Waals surface area (Å²) in [6.45, 7) is 9.13. The number of aliphatic carboxylic acids is 2. The van der Waals surface area contributed by atoms with Crippen LogP contribution >= 0.6 is 23.2 Å². The van der Waals surface area contributed by atoms with Gasteiger partial charge in [-0.1, -0.05) is 73.4 Å². The zero-order valence-electron chi connectivity index (χ0n) is 43.3. The predicted octanol–water partition coefficient (Wildman–Crippen LogP) is 9.87. The third-order valence-electron chi connectivity index (χ3n) is 13.3. The number of hydrogen-bond acceptors (Lipinski definition) is 14. The van der Waals surface area contributed by atoms with E-state index in [0.717, 1.165) is 55.6 Å². The molecule has 4 N–H and O–H groups in total. The molecule has 3 atom stereocenters. The lowest BCUT2D eigenvalue weighted by Gasteiger charge is -2.28. The molecule has 0 bridgehead atoms. The topological polar surface area (TPSA) is 209 Å². The number of benzene rings is 4. The number of aliphatic imine (C=N–C) groups is 2.